The van der Waals surface area contributed by atoms with Crippen LogP contribution in [0, 0.1) is 6.92 Å². The van der Waals surface area contributed by atoms with Crippen molar-refractivity contribution in [2.75, 3.05) is 19.8 Å². The van der Waals surface area contributed by atoms with Gasteiger partial charge in [0.15, 0.2) is 0 Å². The molecule has 2 heteroatoms. The maximum atomic E-state index is 5.53. The topological polar surface area (TPSA) is 21.3 Å². The number of rotatable bonds is 2. The van der Waals surface area contributed by atoms with Gasteiger partial charge in [-0.05, 0) is 31.4 Å². The van der Waals surface area contributed by atoms with Crippen molar-refractivity contribution in [1.29, 1.82) is 0 Å². The summed E-state index contributed by atoms with van der Waals surface area (Å²) >= 11 is 0. The molecule has 1 heterocycles. The predicted molar refractivity (Wildman–Crippen MR) is 62.1 cm³/mol. The molecule has 2 rings (SSSR count). The Bertz CT molecular complexity index is 329. The summed E-state index contributed by atoms with van der Waals surface area (Å²) in [6, 6.07) is 8.57. The number of nitrogens with one attached hydrogen (secondary N) is 1. The molecular weight excluding hydrogens is 186 g/mol. The van der Waals surface area contributed by atoms with E-state index in [1.807, 2.05) is 0 Å². The molecule has 1 saturated heterocycles. The average molecular weight is 205 g/mol. The first-order chi connectivity index (χ1) is 7.20. The molecular formula is C13H19NO. The van der Waals surface area contributed by atoms with Crippen LogP contribution in [0.1, 0.15) is 18.1 Å². The summed E-state index contributed by atoms with van der Waals surface area (Å²) in [5, 5.41) is 3.55. The Morgan fingerprint density at radius 1 is 1.40 bits per heavy atom. The molecule has 0 amide bonds. The van der Waals surface area contributed by atoms with E-state index in [0.717, 1.165) is 26.2 Å². The lowest BCUT2D eigenvalue weighted by atomic mass is 9.90. The highest BCUT2D eigenvalue weighted by molar-refractivity contribution is 5.27. The highest BCUT2D eigenvalue weighted by atomic mass is 16.5. The molecule has 0 aromatic heterocycles. The second kappa shape index (κ2) is 4.33. The normalized spacial score (nSPS) is 26.5. The van der Waals surface area contributed by atoms with E-state index in [0.29, 0.717) is 0 Å². The Balaban J connectivity index is 2.10. The predicted octanol–water partition coefficient (Wildman–Crippen LogP) is 1.92. The molecule has 0 spiro atoms. The molecule has 1 aromatic rings. The largest absolute Gasteiger partial charge is 0.378 e. The standard InChI is InChI=1S/C13H19NO/c1-11-5-3-4-6-12(11)9-13(2)10-15-8-7-14-13/h3-6,14H,7-10H2,1-2H3. The van der Waals surface area contributed by atoms with Crippen molar-refractivity contribution in [3.8, 4) is 0 Å². The lowest BCUT2D eigenvalue weighted by Crippen LogP contribution is -2.53. The zero-order valence-electron chi connectivity index (χ0n) is 9.55. The number of aryl methyl sites for hydroxylation is 1. The van der Waals surface area contributed by atoms with Crippen molar-refractivity contribution in [3.63, 3.8) is 0 Å². The van der Waals surface area contributed by atoms with Crippen LogP contribution in [0.2, 0.25) is 0 Å². The Morgan fingerprint density at radius 2 is 2.20 bits per heavy atom. The van der Waals surface area contributed by atoms with Crippen LogP contribution in [0.25, 0.3) is 0 Å². The van der Waals surface area contributed by atoms with Gasteiger partial charge in [0.25, 0.3) is 0 Å². The molecule has 1 fully saturated rings. The third-order valence-corrected chi connectivity index (χ3v) is 3.06. The van der Waals surface area contributed by atoms with E-state index in [-0.39, 0.29) is 5.54 Å². The third kappa shape index (κ3) is 2.58. The van der Waals surface area contributed by atoms with Crippen LogP contribution in [0.4, 0.5) is 0 Å². The summed E-state index contributed by atoms with van der Waals surface area (Å²) in [4.78, 5) is 0. The Hall–Kier alpha value is -0.860. The first-order valence-corrected chi connectivity index (χ1v) is 5.57. The highest BCUT2D eigenvalue weighted by Crippen LogP contribution is 2.18. The second-order valence-corrected chi connectivity index (χ2v) is 4.64. The summed E-state index contributed by atoms with van der Waals surface area (Å²) < 4.78 is 5.53. The summed E-state index contributed by atoms with van der Waals surface area (Å²) in [5.41, 5.74) is 2.88. The molecule has 0 radical (unpaired) electrons. The molecule has 2 nitrogen and oxygen atoms in total. The quantitative estimate of drug-likeness (QED) is 0.796. The summed E-state index contributed by atoms with van der Waals surface area (Å²) in [5.74, 6) is 0. The summed E-state index contributed by atoms with van der Waals surface area (Å²) in [6.07, 6.45) is 1.04. The maximum absolute atomic E-state index is 5.53. The fraction of sp³-hybridized carbons (Fsp3) is 0.538. The lowest BCUT2D eigenvalue weighted by molar-refractivity contribution is 0.0355. The van der Waals surface area contributed by atoms with Gasteiger partial charge in [-0.25, -0.2) is 0 Å². The average Bonchev–Trinajstić information content (AvgIpc) is 2.22. The van der Waals surface area contributed by atoms with Gasteiger partial charge in [-0.1, -0.05) is 24.3 Å². The van der Waals surface area contributed by atoms with Crippen molar-refractivity contribution in [3.05, 3.63) is 35.4 Å². The molecule has 1 unspecified atom stereocenters. The number of ether oxygens (including phenoxy) is 1. The zero-order valence-corrected chi connectivity index (χ0v) is 9.55. The van der Waals surface area contributed by atoms with Gasteiger partial charge in [0.05, 0.1) is 13.2 Å². The van der Waals surface area contributed by atoms with E-state index in [1.165, 1.54) is 11.1 Å². The fourth-order valence-corrected chi connectivity index (χ4v) is 2.12. The van der Waals surface area contributed by atoms with Crippen LogP contribution in [0.5, 0.6) is 0 Å². The van der Waals surface area contributed by atoms with Crippen LogP contribution in [-0.2, 0) is 11.2 Å². The van der Waals surface area contributed by atoms with Crippen LogP contribution in [0.15, 0.2) is 24.3 Å². The molecule has 1 N–H and O–H groups in total. The molecule has 0 aliphatic carbocycles. The van der Waals surface area contributed by atoms with Gasteiger partial charge >= 0.3 is 0 Å². The summed E-state index contributed by atoms with van der Waals surface area (Å²) in [6.45, 7) is 7.01. The first-order valence-electron chi connectivity index (χ1n) is 5.57. The van der Waals surface area contributed by atoms with Gasteiger partial charge in [0.2, 0.25) is 0 Å². The van der Waals surface area contributed by atoms with Crippen molar-refractivity contribution in [2.45, 2.75) is 25.8 Å². The maximum Gasteiger partial charge on any atom is 0.0649 e. The van der Waals surface area contributed by atoms with Gasteiger partial charge in [0.1, 0.15) is 0 Å². The van der Waals surface area contributed by atoms with Crippen molar-refractivity contribution >= 4 is 0 Å². The zero-order chi connectivity index (χ0) is 10.7. The number of hydrogen-bond donors (Lipinski definition) is 1. The van der Waals surface area contributed by atoms with E-state index in [4.69, 9.17) is 4.74 Å². The van der Waals surface area contributed by atoms with Crippen molar-refractivity contribution in [1.82, 2.24) is 5.32 Å². The van der Waals surface area contributed by atoms with E-state index in [1.54, 1.807) is 0 Å². The van der Waals surface area contributed by atoms with Gasteiger partial charge in [-0.15, -0.1) is 0 Å². The van der Waals surface area contributed by atoms with Crippen LogP contribution < -0.4 is 5.32 Å². The van der Waals surface area contributed by atoms with Crippen molar-refractivity contribution in [2.24, 2.45) is 0 Å². The molecule has 1 aliphatic heterocycles. The van der Waals surface area contributed by atoms with Crippen molar-refractivity contribution < 1.29 is 4.74 Å². The van der Waals surface area contributed by atoms with Crippen LogP contribution in [-0.4, -0.2) is 25.3 Å². The van der Waals surface area contributed by atoms with E-state index in [9.17, 15) is 0 Å². The molecule has 1 aliphatic rings. The Morgan fingerprint density at radius 3 is 2.87 bits per heavy atom. The van der Waals surface area contributed by atoms with Crippen LogP contribution >= 0.6 is 0 Å². The first kappa shape index (κ1) is 10.7. The second-order valence-electron chi connectivity index (χ2n) is 4.64. The minimum Gasteiger partial charge on any atom is -0.378 e. The van der Waals surface area contributed by atoms with E-state index >= 15 is 0 Å². The van der Waals surface area contributed by atoms with Gasteiger partial charge in [-0.3, -0.25) is 0 Å². The molecule has 0 saturated carbocycles. The SMILES string of the molecule is Cc1ccccc1CC1(C)COCCN1. The monoisotopic (exact) mass is 205 g/mol. The van der Waals surface area contributed by atoms with Gasteiger partial charge in [0, 0.05) is 12.1 Å². The number of hydrogen-bond acceptors (Lipinski definition) is 2. The number of morpholine rings is 1. The van der Waals surface area contributed by atoms with Gasteiger partial charge < -0.3 is 10.1 Å². The third-order valence-electron chi connectivity index (χ3n) is 3.06. The highest BCUT2D eigenvalue weighted by Gasteiger charge is 2.27. The minimum atomic E-state index is 0.102. The number of benzene rings is 1. The molecule has 1 aromatic carbocycles. The molecule has 0 bridgehead atoms. The fourth-order valence-electron chi connectivity index (χ4n) is 2.12. The van der Waals surface area contributed by atoms with Crippen LogP contribution in [0.3, 0.4) is 0 Å². The molecule has 82 valence electrons. The Labute approximate surface area is 91.6 Å². The van der Waals surface area contributed by atoms with E-state index in [2.05, 4.69) is 43.4 Å². The van der Waals surface area contributed by atoms with E-state index < -0.39 is 0 Å². The minimum absolute atomic E-state index is 0.102. The summed E-state index contributed by atoms with van der Waals surface area (Å²) in [7, 11) is 0. The molecule has 1 atom stereocenters. The smallest absolute Gasteiger partial charge is 0.0649 e. The Kier molecular flexibility index (Phi) is 3.08. The van der Waals surface area contributed by atoms with Gasteiger partial charge in [-0.2, -0.15) is 0 Å². The lowest BCUT2D eigenvalue weighted by Gasteiger charge is -2.35. The molecule has 15 heavy (non-hydrogen) atoms.